The Morgan fingerprint density at radius 3 is 3.14 bits per heavy atom. The Hall–Kier alpha value is -1.51. The van der Waals surface area contributed by atoms with Crippen LogP contribution in [-0.2, 0) is 20.0 Å². The molecule has 0 saturated heterocycles. The zero-order chi connectivity index (χ0) is 9.71. The van der Waals surface area contributed by atoms with Gasteiger partial charge in [0.05, 0.1) is 20.0 Å². The van der Waals surface area contributed by atoms with E-state index in [9.17, 15) is 0 Å². The summed E-state index contributed by atoms with van der Waals surface area (Å²) < 4.78 is 4.66. The lowest BCUT2D eigenvalue weighted by molar-refractivity contribution is -0.653. The van der Waals surface area contributed by atoms with Crippen LogP contribution in [0, 0.1) is 0 Å². The van der Waals surface area contributed by atoms with E-state index in [0.29, 0.717) is 0 Å². The van der Waals surface area contributed by atoms with E-state index in [1.54, 1.807) is 0 Å². The van der Waals surface area contributed by atoms with Crippen molar-refractivity contribution >= 4 is 16.7 Å². The van der Waals surface area contributed by atoms with Crippen LogP contribution in [0.25, 0.3) is 11.0 Å². The molecule has 0 saturated carbocycles. The second kappa shape index (κ2) is 2.50. The Morgan fingerprint density at radius 2 is 2.29 bits per heavy atom. The Morgan fingerprint density at radius 1 is 1.43 bits per heavy atom. The van der Waals surface area contributed by atoms with Gasteiger partial charge in [-0.15, -0.1) is 0 Å². The number of hydrogen-bond acceptors (Lipinski definition) is 1. The van der Waals surface area contributed by atoms with Gasteiger partial charge in [-0.25, -0.2) is 9.13 Å². The lowest BCUT2D eigenvalue weighted by Crippen LogP contribution is -2.31. The van der Waals surface area contributed by atoms with E-state index in [-0.39, 0.29) is 0 Å². The molecule has 72 valence electrons. The SMILES string of the molecule is C[n+]1c2n(c3cc(N)ccc31)CCC2. The van der Waals surface area contributed by atoms with Crippen LogP contribution in [0.1, 0.15) is 12.2 Å². The zero-order valence-corrected chi connectivity index (χ0v) is 8.33. The van der Waals surface area contributed by atoms with Gasteiger partial charge in [-0.3, -0.25) is 0 Å². The molecule has 0 spiro atoms. The molecule has 1 aliphatic heterocycles. The molecule has 2 N–H and O–H groups in total. The van der Waals surface area contributed by atoms with Crippen LogP contribution >= 0.6 is 0 Å². The topological polar surface area (TPSA) is 34.8 Å². The van der Waals surface area contributed by atoms with Crippen molar-refractivity contribution < 1.29 is 4.57 Å². The maximum atomic E-state index is 5.80. The van der Waals surface area contributed by atoms with Crippen molar-refractivity contribution in [3.63, 3.8) is 0 Å². The molecular formula is C11H14N3+. The van der Waals surface area contributed by atoms with Gasteiger partial charge >= 0.3 is 0 Å². The number of rotatable bonds is 0. The first-order valence-corrected chi connectivity index (χ1v) is 5.04. The molecule has 0 amide bonds. The number of benzene rings is 1. The Kier molecular flexibility index (Phi) is 1.40. The minimum atomic E-state index is 0.852. The third-order valence-electron chi connectivity index (χ3n) is 3.13. The largest absolute Gasteiger partial charge is 0.399 e. The molecule has 14 heavy (non-hydrogen) atoms. The van der Waals surface area contributed by atoms with Gasteiger partial charge in [-0.2, -0.15) is 0 Å². The standard InChI is InChI=1S/C11H14N3/c1-13-9-5-4-8(12)7-10(9)14-6-2-3-11(13)14/h4-5,7H,2-3,6,12H2,1H3/q+1. The molecule has 1 aromatic carbocycles. The van der Waals surface area contributed by atoms with Gasteiger partial charge in [-0.1, -0.05) is 0 Å². The summed E-state index contributed by atoms with van der Waals surface area (Å²) >= 11 is 0. The molecule has 0 atom stereocenters. The minimum Gasteiger partial charge on any atom is -0.399 e. The fraction of sp³-hybridized carbons (Fsp3) is 0.364. The van der Waals surface area contributed by atoms with Gasteiger partial charge in [0, 0.05) is 11.8 Å². The highest BCUT2D eigenvalue weighted by molar-refractivity contribution is 5.76. The van der Waals surface area contributed by atoms with Crippen LogP contribution in [0.3, 0.4) is 0 Å². The summed E-state index contributed by atoms with van der Waals surface area (Å²) in [6, 6.07) is 6.15. The molecule has 0 unspecified atom stereocenters. The monoisotopic (exact) mass is 188 g/mol. The molecule has 0 aliphatic carbocycles. The van der Waals surface area contributed by atoms with Gasteiger partial charge in [0.25, 0.3) is 5.82 Å². The summed E-state index contributed by atoms with van der Waals surface area (Å²) in [5.41, 5.74) is 9.22. The number of aromatic nitrogens is 2. The fourth-order valence-electron chi connectivity index (χ4n) is 2.45. The van der Waals surface area contributed by atoms with E-state index in [0.717, 1.165) is 12.2 Å². The quantitative estimate of drug-likeness (QED) is 0.485. The number of hydrogen-bond donors (Lipinski definition) is 1. The Bertz CT molecular complexity index is 511. The third-order valence-corrected chi connectivity index (χ3v) is 3.13. The first-order valence-electron chi connectivity index (χ1n) is 5.04. The molecule has 2 heterocycles. The molecule has 0 fully saturated rings. The Labute approximate surface area is 82.8 Å². The van der Waals surface area contributed by atoms with Crippen molar-refractivity contribution in [2.24, 2.45) is 7.05 Å². The summed E-state index contributed by atoms with van der Waals surface area (Å²) in [4.78, 5) is 0. The van der Waals surface area contributed by atoms with Crippen molar-refractivity contribution in [3.05, 3.63) is 24.0 Å². The first kappa shape index (κ1) is 7.85. The highest BCUT2D eigenvalue weighted by Crippen LogP contribution is 2.22. The number of fused-ring (bicyclic) bond motifs is 3. The van der Waals surface area contributed by atoms with E-state index in [2.05, 4.69) is 28.3 Å². The highest BCUT2D eigenvalue weighted by Gasteiger charge is 2.26. The Balaban J connectivity index is 2.45. The smallest absolute Gasteiger partial charge is 0.257 e. The van der Waals surface area contributed by atoms with Crippen molar-refractivity contribution in [1.29, 1.82) is 0 Å². The fourth-order valence-corrected chi connectivity index (χ4v) is 2.45. The van der Waals surface area contributed by atoms with Gasteiger partial charge < -0.3 is 5.73 Å². The number of aryl methyl sites for hydroxylation is 2. The first-order chi connectivity index (χ1) is 6.77. The molecule has 1 aliphatic rings. The number of anilines is 1. The van der Waals surface area contributed by atoms with Crippen molar-refractivity contribution in [2.75, 3.05) is 5.73 Å². The van der Waals surface area contributed by atoms with Gasteiger partial charge in [0.1, 0.15) is 0 Å². The third kappa shape index (κ3) is 0.842. The van der Waals surface area contributed by atoms with Crippen LogP contribution in [-0.4, -0.2) is 4.57 Å². The normalized spacial score (nSPS) is 14.9. The number of nitrogen functional groups attached to an aromatic ring is 1. The van der Waals surface area contributed by atoms with Gasteiger partial charge in [0.2, 0.25) is 0 Å². The van der Waals surface area contributed by atoms with E-state index >= 15 is 0 Å². The summed E-state index contributed by atoms with van der Waals surface area (Å²) in [5, 5.41) is 0. The molecule has 0 bridgehead atoms. The molecule has 0 radical (unpaired) electrons. The molecule has 2 aromatic rings. The molecule has 3 rings (SSSR count). The number of imidazole rings is 1. The predicted molar refractivity (Wildman–Crippen MR) is 55.8 cm³/mol. The highest BCUT2D eigenvalue weighted by atomic mass is 15.2. The molecule has 1 aromatic heterocycles. The average Bonchev–Trinajstić information content (AvgIpc) is 2.71. The van der Waals surface area contributed by atoms with E-state index in [1.807, 2.05) is 6.07 Å². The van der Waals surface area contributed by atoms with Crippen LogP contribution in [0.15, 0.2) is 18.2 Å². The van der Waals surface area contributed by atoms with E-state index in [4.69, 9.17) is 5.73 Å². The van der Waals surface area contributed by atoms with Crippen molar-refractivity contribution in [1.82, 2.24) is 4.57 Å². The van der Waals surface area contributed by atoms with Crippen LogP contribution < -0.4 is 10.3 Å². The van der Waals surface area contributed by atoms with Gasteiger partial charge in [-0.05, 0) is 18.6 Å². The number of nitrogens with two attached hydrogens (primary N) is 1. The van der Waals surface area contributed by atoms with Crippen LogP contribution in [0.5, 0.6) is 0 Å². The maximum Gasteiger partial charge on any atom is 0.257 e. The van der Waals surface area contributed by atoms with Crippen molar-refractivity contribution in [2.45, 2.75) is 19.4 Å². The second-order valence-electron chi connectivity index (χ2n) is 3.98. The van der Waals surface area contributed by atoms with Gasteiger partial charge in [0.15, 0.2) is 11.0 Å². The average molecular weight is 188 g/mol. The lowest BCUT2D eigenvalue weighted by Gasteiger charge is -1.93. The predicted octanol–water partition coefficient (Wildman–Crippen LogP) is 0.994. The molecule has 3 nitrogen and oxygen atoms in total. The number of nitrogens with zero attached hydrogens (tertiary/aromatic N) is 2. The summed E-state index contributed by atoms with van der Waals surface area (Å²) in [7, 11) is 2.13. The summed E-state index contributed by atoms with van der Waals surface area (Å²) in [5.74, 6) is 1.42. The maximum absolute atomic E-state index is 5.80. The van der Waals surface area contributed by atoms with Crippen molar-refractivity contribution in [3.8, 4) is 0 Å². The van der Waals surface area contributed by atoms with Crippen LogP contribution in [0.4, 0.5) is 5.69 Å². The zero-order valence-electron chi connectivity index (χ0n) is 8.33. The summed E-state index contributed by atoms with van der Waals surface area (Å²) in [6.07, 6.45) is 2.44. The molecule has 3 heteroatoms. The van der Waals surface area contributed by atoms with E-state index < -0.39 is 0 Å². The second-order valence-corrected chi connectivity index (χ2v) is 3.98. The van der Waals surface area contributed by atoms with Crippen LogP contribution in [0.2, 0.25) is 0 Å². The molecular weight excluding hydrogens is 174 g/mol. The minimum absolute atomic E-state index is 0.852. The summed E-state index contributed by atoms with van der Waals surface area (Å²) in [6.45, 7) is 1.14. The lowest BCUT2D eigenvalue weighted by atomic mass is 10.2. The van der Waals surface area contributed by atoms with E-state index in [1.165, 1.54) is 29.7 Å².